The molecular formula is C20H22N4O2. The van der Waals surface area contributed by atoms with Gasteiger partial charge in [0.15, 0.2) is 0 Å². The van der Waals surface area contributed by atoms with Gasteiger partial charge in [-0.3, -0.25) is 20.4 Å². The predicted molar refractivity (Wildman–Crippen MR) is 103 cm³/mol. The van der Waals surface area contributed by atoms with Gasteiger partial charge in [0, 0.05) is 29.2 Å². The molecule has 6 nitrogen and oxygen atoms in total. The maximum atomic E-state index is 11.9. The Kier molecular flexibility index (Phi) is 5.53. The number of fused-ring (bicyclic) bond motifs is 1. The van der Waals surface area contributed by atoms with E-state index in [1.807, 2.05) is 61.7 Å². The molecule has 0 saturated carbocycles. The molecule has 3 rings (SSSR count). The first kappa shape index (κ1) is 17.5. The van der Waals surface area contributed by atoms with Gasteiger partial charge in [-0.05, 0) is 37.1 Å². The summed E-state index contributed by atoms with van der Waals surface area (Å²) in [5.41, 5.74) is 9.03. The molecule has 0 bridgehead atoms. The number of aromatic amines is 1. The Hall–Kier alpha value is -3.28. The summed E-state index contributed by atoms with van der Waals surface area (Å²) in [4.78, 5) is 26.9. The minimum atomic E-state index is -0.300. The summed E-state index contributed by atoms with van der Waals surface area (Å²) in [6.07, 6.45) is 2.82. The summed E-state index contributed by atoms with van der Waals surface area (Å²) in [5, 5.41) is 4.12. The maximum absolute atomic E-state index is 11.9. The van der Waals surface area contributed by atoms with Gasteiger partial charge in [-0.2, -0.15) is 0 Å². The van der Waals surface area contributed by atoms with E-state index < -0.39 is 0 Å². The van der Waals surface area contributed by atoms with Crippen LogP contribution in [0.25, 0.3) is 10.9 Å². The lowest BCUT2D eigenvalue weighted by molar-refractivity contribution is -0.128. The van der Waals surface area contributed by atoms with Crippen LogP contribution in [-0.2, 0) is 16.0 Å². The standard InChI is InChI=1S/C20H22N4O2/c1-14-6-9-16(10-7-14)21-13-20(26)24-23-19(25)11-8-15-12-22-18-5-3-2-4-17(15)18/h2-7,9-10,12,21-22H,8,11,13H2,1H3,(H,23,25)(H,24,26). The highest BCUT2D eigenvalue weighted by molar-refractivity contribution is 5.86. The van der Waals surface area contributed by atoms with Crippen molar-refractivity contribution in [1.82, 2.24) is 15.8 Å². The first-order chi connectivity index (χ1) is 12.6. The highest BCUT2D eigenvalue weighted by Crippen LogP contribution is 2.18. The number of carbonyl (C=O) groups excluding carboxylic acids is 2. The van der Waals surface area contributed by atoms with Crippen molar-refractivity contribution < 1.29 is 9.59 Å². The van der Waals surface area contributed by atoms with Gasteiger partial charge in [-0.15, -0.1) is 0 Å². The number of anilines is 1. The van der Waals surface area contributed by atoms with Crippen LogP contribution in [0.3, 0.4) is 0 Å². The number of hydrogen-bond acceptors (Lipinski definition) is 3. The van der Waals surface area contributed by atoms with Gasteiger partial charge >= 0.3 is 0 Å². The number of benzene rings is 2. The van der Waals surface area contributed by atoms with E-state index in [1.165, 1.54) is 0 Å². The molecular weight excluding hydrogens is 328 g/mol. The van der Waals surface area contributed by atoms with Crippen molar-refractivity contribution in [2.45, 2.75) is 19.8 Å². The van der Waals surface area contributed by atoms with Crippen LogP contribution in [0.15, 0.2) is 54.7 Å². The molecule has 6 heteroatoms. The number of nitrogens with one attached hydrogen (secondary N) is 4. The van der Waals surface area contributed by atoms with Crippen LogP contribution in [0, 0.1) is 6.92 Å². The molecule has 0 saturated heterocycles. The Morgan fingerprint density at radius 2 is 1.69 bits per heavy atom. The zero-order valence-corrected chi connectivity index (χ0v) is 14.6. The molecule has 0 aliphatic rings. The summed E-state index contributed by atoms with van der Waals surface area (Å²) in [6.45, 7) is 2.09. The molecule has 0 atom stereocenters. The van der Waals surface area contributed by atoms with E-state index in [1.54, 1.807) is 0 Å². The Morgan fingerprint density at radius 1 is 0.962 bits per heavy atom. The zero-order chi connectivity index (χ0) is 18.4. The minimum absolute atomic E-state index is 0.0891. The van der Waals surface area contributed by atoms with E-state index in [-0.39, 0.29) is 18.4 Å². The van der Waals surface area contributed by atoms with Crippen molar-refractivity contribution in [3.05, 3.63) is 65.9 Å². The Balaban J connectivity index is 1.39. The van der Waals surface area contributed by atoms with E-state index in [2.05, 4.69) is 21.2 Å². The molecule has 0 fully saturated rings. The van der Waals surface area contributed by atoms with Crippen LogP contribution < -0.4 is 16.2 Å². The van der Waals surface area contributed by atoms with Crippen LogP contribution in [0.2, 0.25) is 0 Å². The molecule has 26 heavy (non-hydrogen) atoms. The molecule has 1 heterocycles. The third-order valence-corrected chi connectivity index (χ3v) is 4.14. The summed E-state index contributed by atoms with van der Waals surface area (Å²) >= 11 is 0. The van der Waals surface area contributed by atoms with Crippen molar-refractivity contribution in [3.63, 3.8) is 0 Å². The lowest BCUT2D eigenvalue weighted by atomic mass is 10.1. The lowest BCUT2D eigenvalue weighted by Crippen LogP contribution is -2.44. The van der Waals surface area contributed by atoms with Crippen LogP contribution in [0.5, 0.6) is 0 Å². The maximum Gasteiger partial charge on any atom is 0.257 e. The van der Waals surface area contributed by atoms with Crippen molar-refractivity contribution in [2.75, 3.05) is 11.9 Å². The van der Waals surface area contributed by atoms with Gasteiger partial charge in [0.25, 0.3) is 5.91 Å². The van der Waals surface area contributed by atoms with Crippen molar-refractivity contribution in [1.29, 1.82) is 0 Å². The van der Waals surface area contributed by atoms with Gasteiger partial charge in [0.2, 0.25) is 5.91 Å². The first-order valence-corrected chi connectivity index (χ1v) is 8.55. The van der Waals surface area contributed by atoms with E-state index in [9.17, 15) is 9.59 Å². The summed E-state index contributed by atoms with van der Waals surface area (Å²) in [7, 11) is 0. The third-order valence-electron chi connectivity index (χ3n) is 4.14. The van der Waals surface area contributed by atoms with Gasteiger partial charge in [0.05, 0.1) is 6.54 Å². The Morgan fingerprint density at radius 3 is 2.50 bits per heavy atom. The van der Waals surface area contributed by atoms with Crippen molar-refractivity contribution in [3.8, 4) is 0 Å². The fourth-order valence-corrected chi connectivity index (χ4v) is 2.69. The van der Waals surface area contributed by atoms with E-state index in [4.69, 9.17) is 0 Å². The molecule has 2 amide bonds. The average Bonchev–Trinajstić information content (AvgIpc) is 3.07. The quantitative estimate of drug-likeness (QED) is 0.516. The number of para-hydroxylation sites is 1. The molecule has 4 N–H and O–H groups in total. The van der Waals surface area contributed by atoms with Gasteiger partial charge in [-0.25, -0.2) is 0 Å². The predicted octanol–water partition coefficient (Wildman–Crippen LogP) is 2.67. The Bertz CT molecular complexity index is 900. The number of rotatable bonds is 6. The normalized spacial score (nSPS) is 10.5. The van der Waals surface area contributed by atoms with Gasteiger partial charge in [-0.1, -0.05) is 35.9 Å². The number of H-pyrrole nitrogens is 1. The number of carbonyl (C=O) groups is 2. The molecule has 0 aliphatic heterocycles. The topological polar surface area (TPSA) is 86.0 Å². The highest BCUT2D eigenvalue weighted by Gasteiger charge is 2.08. The molecule has 1 aromatic heterocycles. The van der Waals surface area contributed by atoms with Crippen LogP contribution in [0.1, 0.15) is 17.5 Å². The molecule has 3 aromatic rings. The minimum Gasteiger partial charge on any atom is -0.376 e. The monoisotopic (exact) mass is 350 g/mol. The Labute approximate surface area is 152 Å². The highest BCUT2D eigenvalue weighted by atomic mass is 16.2. The smallest absolute Gasteiger partial charge is 0.257 e. The SMILES string of the molecule is Cc1ccc(NCC(=O)NNC(=O)CCc2c[nH]c3ccccc23)cc1. The van der Waals surface area contributed by atoms with Crippen molar-refractivity contribution in [2.24, 2.45) is 0 Å². The number of aromatic nitrogens is 1. The summed E-state index contributed by atoms with van der Waals surface area (Å²) in [5.74, 6) is -0.523. The molecule has 0 unspecified atom stereocenters. The summed E-state index contributed by atoms with van der Waals surface area (Å²) in [6, 6.07) is 15.7. The number of amides is 2. The fraction of sp³-hybridized carbons (Fsp3) is 0.200. The van der Waals surface area contributed by atoms with E-state index in [0.29, 0.717) is 12.8 Å². The molecule has 134 valence electrons. The lowest BCUT2D eigenvalue weighted by Gasteiger charge is -2.09. The number of aryl methyl sites for hydroxylation is 2. The second-order valence-corrected chi connectivity index (χ2v) is 6.18. The van der Waals surface area contributed by atoms with E-state index >= 15 is 0 Å². The second kappa shape index (κ2) is 8.20. The number of hydrogen-bond donors (Lipinski definition) is 4. The van der Waals surface area contributed by atoms with Gasteiger partial charge < -0.3 is 10.3 Å². The average molecular weight is 350 g/mol. The van der Waals surface area contributed by atoms with Crippen LogP contribution in [0.4, 0.5) is 5.69 Å². The fourth-order valence-electron chi connectivity index (χ4n) is 2.69. The molecule has 0 spiro atoms. The molecule has 0 aliphatic carbocycles. The summed E-state index contributed by atoms with van der Waals surface area (Å²) < 4.78 is 0. The number of hydrazine groups is 1. The zero-order valence-electron chi connectivity index (χ0n) is 14.6. The molecule has 0 radical (unpaired) electrons. The molecule has 2 aromatic carbocycles. The second-order valence-electron chi connectivity index (χ2n) is 6.18. The van der Waals surface area contributed by atoms with E-state index in [0.717, 1.165) is 27.7 Å². The van der Waals surface area contributed by atoms with Crippen molar-refractivity contribution >= 4 is 28.4 Å². The third kappa shape index (κ3) is 4.63. The van der Waals surface area contributed by atoms with Gasteiger partial charge in [0.1, 0.15) is 0 Å². The van der Waals surface area contributed by atoms with Crippen LogP contribution >= 0.6 is 0 Å². The first-order valence-electron chi connectivity index (χ1n) is 8.55. The van der Waals surface area contributed by atoms with Crippen LogP contribution in [-0.4, -0.2) is 23.3 Å². The largest absolute Gasteiger partial charge is 0.376 e.